The SMILES string of the molecule is CCCN1C(=O)c2ccc(-c3nc4ccccc4s3)cc2C1=O. The van der Waals surface area contributed by atoms with Crippen molar-refractivity contribution in [1.82, 2.24) is 9.88 Å². The monoisotopic (exact) mass is 322 g/mol. The molecule has 0 bridgehead atoms. The second kappa shape index (κ2) is 5.28. The van der Waals surface area contributed by atoms with E-state index in [1.807, 2.05) is 37.3 Å². The lowest BCUT2D eigenvalue weighted by Gasteiger charge is -2.11. The van der Waals surface area contributed by atoms with E-state index in [4.69, 9.17) is 0 Å². The van der Waals surface area contributed by atoms with Crippen molar-refractivity contribution >= 4 is 33.4 Å². The van der Waals surface area contributed by atoms with Gasteiger partial charge in [0.25, 0.3) is 11.8 Å². The van der Waals surface area contributed by atoms with Crippen LogP contribution in [-0.2, 0) is 0 Å². The van der Waals surface area contributed by atoms with Gasteiger partial charge in [-0.05, 0) is 30.7 Å². The molecule has 0 aliphatic carbocycles. The highest BCUT2D eigenvalue weighted by molar-refractivity contribution is 7.21. The minimum absolute atomic E-state index is 0.192. The van der Waals surface area contributed by atoms with E-state index >= 15 is 0 Å². The Balaban J connectivity index is 1.79. The highest BCUT2D eigenvalue weighted by Crippen LogP contribution is 2.33. The van der Waals surface area contributed by atoms with Gasteiger partial charge in [0.05, 0.1) is 21.3 Å². The normalized spacial score (nSPS) is 13.9. The van der Waals surface area contributed by atoms with Gasteiger partial charge in [0.1, 0.15) is 5.01 Å². The van der Waals surface area contributed by atoms with E-state index in [1.165, 1.54) is 4.90 Å². The van der Waals surface area contributed by atoms with Crippen molar-refractivity contribution in [3.63, 3.8) is 0 Å². The van der Waals surface area contributed by atoms with Gasteiger partial charge >= 0.3 is 0 Å². The molecule has 1 aliphatic rings. The molecule has 1 aromatic heterocycles. The van der Waals surface area contributed by atoms with Crippen molar-refractivity contribution < 1.29 is 9.59 Å². The summed E-state index contributed by atoms with van der Waals surface area (Å²) in [5.41, 5.74) is 2.81. The fourth-order valence-corrected chi connectivity index (χ4v) is 3.81. The summed E-state index contributed by atoms with van der Waals surface area (Å²) in [6.07, 6.45) is 0.760. The zero-order valence-corrected chi connectivity index (χ0v) is 13.4. The summed E-state index contributed by atoms with van der Waals surface area (Å²) in [7, 11) is 0. The summed E-state index contributed by atoms with van der Waals surface area (Å²) >= 11 is 1.59. The molecular formula is C18H14N2O2S. The number of rotatable bonds is 3. The number of para-hydroxylation sites is 1. The Bertz CT molecular complexity index is 912. The van der Waals surface area contributed by atoms with Gasteiger partial charge in [-0.15, -0.1) is 11.3 Å². The van der Waals surface area contributed by atoms with Crippen LogP contribution in [-0.4, -0.2) is 28.2 Å². The van der Waals surface area contributed by atoms with Gasteiger partial charge in [0, 0.05) is 12.1 Å². The van der Waals surface area contributed by atoms with Gasteiger partial charge in [0.2, 0.25) is 0 Å². The molecule has 4 rings (SSSR count). The van der Waals surface area contributed by atoms with E-state index in [1.54, 1.807) is 23.5 Å². The van der Waals surface area contributed by atoms with Crippen molar-refractivity contribution in [2.75, 3.05) is 6.54 Å². The van der Waals surface area contributed by atoms with Gasteiger partial charge in [0.15, 0.2) is 0 Å². The highest BCUT2D eigenvalue weighted by Gasteiger charge is 2.35. The summed E-state index contributed by atoms with van der Waals surface area (Å²) in [4.78, 5) is 30.7. The summed E-state index contributed by atoms with van der Waals surface area (Å²) in [6.45, 7) is 2.42. The molecule has 0 radical (unpaired) electrons. The summed E-state index contributed by atoms with van der Waals surface area (Å²) in [5, 5.41) is 0.864. The van der Waals surface area contributed by atoms with E-state index in [0.29, 0.717) is 17.7 Å². The Morgan fingerprint density at radius 3 is 2.61 bits per heavy atom. The highest BCUT2D eigenvalue weighted by atomic mass is 32.1. The molecular weight excluding hydrogens is 308 g/mol. The maximum Gasteiger partial charge on any atom is 0.261 e. The van der Waals surface area contributed by atoms with Crippen LogP contribution in [0.5, 0.6) is 0 Å². The average Bonchev–Trinajstić information content (AvgIpc) is 3.10. The molecule has 2 amide bonds. The molecule has 0 N–H and O–H groups in total. The van der Waals surface area contributed by atoms with Crippen LogP contribution in [0.2, 0.25) is 0 Å². The first-order valence-electron chi connectivity index (χ1n) is 7.55. The number of nitrogens with zero attached hydrogens (tertiary/aromatic N) is 2. The number of hydrogen-bond donors (Lipinski definition) is 0. The van der Waals surface area contributed by atoms with Crippen LogP contribution < -0.4 is 0 Å². The molecule has 2 aromatic carbocycles. The third kappa shape index (κ3) is 2.16. The molecule has 1 aliphatic heterocycles. The Kier molecular flexibility index (Phi) is 3.23. The fraction of sp³-hybridized carbons (Fsp3) is 0.167. The van der Waals surface area contributed by atoms with Gasteiger partial charge in [-0.25, -0.2) is 4.98 Å². The van der Waals surface area contributed by atoms with Crippen LogP contribution in [0, 0.1) is 0 Å². The van der Waals surface area contributed by atoms with E-state index in [2.05, 4.69) is 4.98 Å². The second-order valence-corrected chi connectivity index (χ2v) is 6.54. The lowest BCUT2D eigenvalue weighted by molar-refractivity contribution is 0.0654. The molecule has 4 nitrogen and oxygen atoms in total. The van der Waals surface area contributed by atoms with E-state index in [-0.39, 0.29) is 11.8 Å². The molecule has 0 spiro atoms. The van der Waals surface area contributed by atoms with E-state index in [9.17, 15) is 9.59 Å². The summed E-state index contributed by atoms with van der Waals surface area (Å²) in [6, 6.07) is 13.4. The molecule has 0 atom stereocenters. The van der Waals surface area contributed by atoms with Gasteiger partial charge < -0.3 is 0 Å². The Labute approximate surface area is 137 Å². The molecule has 0 fully saturated rings. The molecule has 2 heterocycles. The van der Waals surface area contributed by atoms with Crippen molar-refractivity contribution in [3.8, 4) is 10.6 Å². The largest absolute Gasteiger partial charge is 0.274 e. The van der Waals surface area contributed by atoms with Gasteiger partial charge in [-0.3, -0.25) is 14.5 Å². The molecule has 0 saturated heterocycles. The number of amides is 2. The number of hydrogen-bond acceptors (Lipinski definition) is 4. The number of benzene rings is 2. The van der Waals surface area contributed by atoms with Crippen LogP contribution in [0.15, 0.2) is 42.5 Å². The molecule has 5 heteroatoms. The lowest BCUT2D eigenvalue weighted by Crippen LogP contribution is -2.30. The first-order valence-corrected chi connectivity index (χ1v) is 8.37. The quantitative estimate of drug-likeness (QED) is 0.686. The number of carbonyl (C=O) groups excluding carboxylic acids is 2. The first kappa shape index (κ1) is 14.1. The number of aromatic nitrogens is 1. The van der Waals surface area contributed by atoms with Crippen molar-refractivity contribution in [3.05, 3.63) is 53.6 Å². The molecule has 0 unspecified atom stereocenters. The average molecular weight is 322 g/mol. The standard InChI is InChI=1S/C18H14N2O2S/c1-2-9-20-17(21)12-8-7-11(10-13(12)18(20)22)16-19-14-5-3-4-6-15(14)23-16/h3-8,10H,2,9H2,1H3. The lowest BCUT2D eigenvalue weighted by atomic mass is 10.1. The predicted molar refractivity (Wildman–Crippen MR) is 90.7 cm³/mol. The van der Waals surface area contributed by atoms with Crippen LogP contribution >= 0.6 is 11.3 Å². The third-order valence-electron chi connectivity index (χ3n) is 3.96. The Morgan fingerprint density at radius 2 is 1.83 bits per heavy atom. The smallest absolute Gasteiger partial charge is 0.261 e. The van der Waals surface area contributed by atoms with Crippen LogP contribution in [0.25, 0.3) is 20.8 Å². The minimum atomic E-state index is -0.199. The molecule has 114 valence electrons. The number of thiazole rings is 1. The van der Waals surface area contributed by atoms with Crippen molar-refractivity contribution in [1.29, 1.82) is 0 Å². The van der Waals surface area contributed by atoms with Crippen molar-refractivity contribution in [2.24, 2.45) is 0 Å². The second-order valence-electron chi connectivity index (χ2n) is 5.51. The van der Waals surface area contributed by atoms with Crippen molar-refractivity contribution in [2.45, 2.75) is 13.3 Å². The Hall–Kier alpha value is -2.53. The third-order valence-corrected chi connectivity index (χ3v) is 5.04. The Morgan fingerprint density at radius 1 is 1.04 bits per heavy atom. The fourth-order valence-electron chi connectivity index (χ4n) is 2.85. The number of fused-ring (bicyclic) bond motifs is 2. The minimum Gasteiger partial charge on any atom is -0.274 e. The molecule has 23 heavy (non-hydrogen) atoms. The topological polar surface area (TPSA) is 50.3 Å². The maximum absolute atomic E-state index is 12.4. The number of imide groups is 1. The van der Waals surface area contributed by atoms with Crippen LogP contribution in [0.1, 0.15) is 34.1 Å². The van der Waals surface area contributed by atoms with E-state index in [0.717, 1.165) is 27.2 Å². The molecule has 0 saturated carbocycles. The van der Waals surface area contributed by atoms with Gasteiger partial charge in [-0.2, -0.15) is 0 Å². The molecule has 3 aromatic rings. The summed E-state index contributed by atoms with van der Waals surface area (Å²) in [5.74, 6) is -0.391. The van der Waals surface area contributed by atoms with E-state index < -0.39 is 0 Å². The number of carbonyl (C=O) groups is 2. The zero-order valence-electron chi connectivity index (χ0n) is 12.6. The zero-order chi connectivity index (χ0) is 16.0. The predicted octanol–water partition coefficient (Wildman–Crippen LogP) is 3.97. The summed E-state index contributed by atoms with van der Waals surface area (Å²) < 4.78 is 1.11. The first-order chi connectivity index (χ1) is 11.2. The van der Waals surface area contributed by atoms with Crippen LogP contribution in [0.3, 0.4) is 0 Å². The van der Waals surface area contributed by atoms with Crippen LogP contribution in [0.4, 0.5) is 0 Å². The van der Waals surface area contributed by atoms with Gasteiger partial charge in [-0.1, -0.05) is 25.1 Å². The maximum atomic E-state index is 12.4.